The minimum absolute atomic E-state index is 0.0223. The van der Waals surface area contributed by atoms with Gasteiger partial charge in [-0.3, -0.25) is 4.79 Å². The third-order valence-electron chi connectivity index (χ3n) is 7.15. The normalized spacial score (nSPS) is 46.2. The number of halogens is 4. The topological polar surface area (TPSA) is 29.1 Å². The molecule has 2 nitrogen and oxygen atoms in total. The van der Waals surface area contributed by atoms with Crippen LogP contribution >= 0.6 is 15.9 Å². The van der Waals surface area contributed by atoms with Gasteiger partial charge in [0.15, 0.2) is 0 Å². The second kappa shape index (κ2) is 6.13. The molecule has 0 heterocycles. The summed E-state index contributed by atoms with van der Waals surface area (Å²) in [6.45, 7) is 0. The number of hydrogen-bond acceptors (Lipinski definition) is 1. The summed E-state index contributed by atoms with van der Waals surface area (Å²) in [5.74, 6) is 0.165. The van der Waals surface area contributed by atoms with Gasteiger partial charge >= 0.3 is 6.18 Å². The van der Waals surface area contributed by atoms with Crippen molar-refractivity contribution < 1.29 is 18.0 Å². The predicted molar refractivity (Wildman–Crippen MR) is 93.3 cm³/mol. The van der Waals surface area contributed by atoms with Crippen molar-refractivity contribution in [1.29, 1.82) is 0 Å². The highest BCUT2D eigenvalue weighted by atomic mass is 79.9. The Morgan fingerprint density at radius 3 is 2.36 bits per heavy atom. The quantitative estimate of drug-likeness (QED) is 0.611. The zero-order chi connectivity index (χ0) is 17.9. The molecule has 142 valence electrons. The van der Waals surface area contributed by atoms with Gasteiger partial charge in [-0.15, -0.1) is 0 Å². The van der Waals surface area contributed by atoms with Gasteiger partial charge in [0, 0.05) is 16.8 Å². The number of amides is 1. The highest BCUT2D eigenvalue weighted by molar-refractivity contribution is 9.10. The van der Waals surface area contributed by atoms with E-state index in [4.69, 9.17) is 0 Å². The van der Waals surface area contributed by atoms with Gasteiger partial charge in [0.2, 0.25) is 5.91 Å². The van der Waals surface area contributed by atoms with Gasteiger partial charge in [0.05, 0.1) is 5.92 Å². The predicted octanol–water partition coefficient (Wildman–Crippen LogP) is 5.35. The maximum atomic E-state index is 13.0. The molecule has 5 aliphatic rings. The lowest BCUT2D eigenvalue weighted by molar-refractivity contribution is -0.184. The fraction of sp³-hybridized carbons (Fsp3) is 0.947. The third kappa shape index (κ3) is 3.74. The Hall–Kier alpha value is -0.260. The van der Waals surface area contributed by atoms with Crippen molar-refractivity contribution in [1.82, 2.24) is 5.32 Å². The lowest BCUT2D eigenvalue weighted by atomic mass is 9.48. The van der Waals surface area contributed by atoms with E-state index in [0.717, 1.165) is 31.1 Å². The first kappa shape index (κ1) is 18.1. The molecule has 0 unspecified atom stereocenters. The van der Waals surface area contributed by atoms with E-state index in [0.29, 0.717) is 19.3 Å². The van der Waals surface area contributed by atoms with E-state index in [1.54, 1.807) is 0 Å². The van der Waals surface area contributed by atoms with Crippen LogP contribution in [0.3, 0.4) is 0 Å². The average Bonchev–Trinajstić information content (AvgIpc) is 2.42. The summed E-state index contributed by atoms with van der Waals surface area (Å²) in [6, 6.07) is -0.306. The molecule has 0 radical (unpaired) electrons. The fourth-order valence-electron chi connectivity index (χ4n) is 6.78. The zero-order valence-electron chi connectivity index (χ0n) is 14.5. The lowest BCUT2D eigenvalue weighted by Crippen LogP contribution is -2.54. The molecule has 5 rings (SSSR count). The summed E-state index contributed by atoms with van der Waals surface area (Å²) in [6.07, 6.45) is 4.90. The van der Waals surface area contributed by atoms with E-state index in [1.807, 2.05) is 0 Å². The summed E-state index contributed by atoms with van der Waals surface area (Å²) < 4.78 is 39.1. The van der Waals surface area contributed by atoms with Crippen molar-refractivity contribution in [2.45, 2.75) is 87.2 Å². The van der Waals surface area contributed by atoms with Gasteiger partial charge in [-0.05, 0) is 75.0 Å². The molecule has 0 aliphatic heterocycles. The van der Waals surface area contributed by atoms with Crippen molar-refractivity contribution in [3.05, 3.63) is 0 Å². The second-order valence-corrected chi connectivity index (χ2v) is 11.1. The van der Waals surface area contributed by atoms with Crippen molar-refractivity contribution in [2.24, 2.45) is 23.2 Å². The molecule has 1 amide bonds. The SMILES string of the molecule is O=C(CC12C[C@H]3C[C@@H](CC(Br)(C3)C1)C2)N[C@@H]1CCC[C@H](C(F)(F)F)C1. The summed E-state index contributed by atoms with van der Waals surface area (Å²) in [5.41, 5.74) is 0.0791. The van der Waals surface area contributed by atoms with Gasteiger partial charge in [0.25, 0.3) is 0 Å². The minimum atomic E-state index is -4.13. The van der Waals surface area contributed by atoms with Gasteiger partial charge in [-0.2, -0.15) is 13.2 Å². The van der Waals surface area contributed by atoms with Gasteiger partial charge < -0.3 is 5.32 Å². The molecule has 5 saturated carbocycles. The Morgan fingerprint density at radius 1 is 1.08 bits per heavy atom. The molecular weight excluding hydrogens is 395 g/mol. The first-order valence-electron chi connectivity index (χ1n) is 9.70. The number of hydrogen-bond donors (Lipinski definition) is 1. The molecule has 0 aromatic heterocycles. The first-order chi connectivity index (χ1) is 11.6. The Balaban J connectivity index is 1.36. The van der Waals surface area contributed by atoms with Crippen LogP contribution in [0.1, 0.15) is 70.6 Å². The van der Waals surface area contributed by atoms with E-state index in [2.05, 4.69) is 21.2 Å². The van der Waals surface area contributed by atoms with Crippen molar-refractivity contribution in [3.8, 4) is 0 Å². The summed E-state index contributed by atoms with van der Waals surface area (Å²) in [4.78, 5) is 12.6. The highest BCUT2D eigenvalue weighted by Crippen LogP contribution is 2.65. The molecule has 0 saturated heterocycles. The second-order valence-electron chi connectivity index (χ2n) is 9.46. The standard InChI is InChI=1S/C19H27BrF3NO/c20-18-8-12-4-13(9-18)7-17(6-12,11-18)10-16(25)24-15-3-1-2-14(5-15)19(21,22)23/h12-15H,1-11H2,(H,24,25)/t12-,13-,14+,15-,17?,18?/m1/s1. The highest BCUT2D eigenvalue weighted by Gasteiger charge is 2.57. The fourth-order valence-corrected chi connectivity index (χ4v) is 8.29. The molecule has 1 N–H and O–H groups in total. The Kier molecular flexibility index (Phi) is 4.45. The maximum absolute atomic E-state index is 13.0. The third-order valence-corrected chi connectivity index (χ3v) is 8.08. The first-order valence-corrected chi connectivity index (χ1v) is 10.5. The molecule has 5 aliphatic carbocycles. The number of nitrogens with one attached hydrogen (secondary N) is 1. The summed E-state index contributed by atoms with van der Waals surface area (Å²) >= 11 is 3.95. The molecule has 4 atom stereocenters. The molecule has 0 aromatic carbocycles. The number of carbonyl (C=O) groups excluding carboxylic acids is 1. The zero-order valence-corrected chi connectivity index (χ0v) is 16.1. The van der Waals surface area contributed by atoms with E-state index in [-0.39, 0.29) is 34.5 Å². The van der Waals surface area contributed by atoms with E-state index < -0.39 is 12.1 Å². The van der Waals surface area contributed by atoms with E-state index >= 15 is 0 Å². The maximum Gasteiger partial charge on any atom is 0.391 e. The minimum Gasteiger partial charge on any atom is -0.353 e. The van der Waals surface area contributed by atoms with Crippen molar-refractivity contribution in [2.75, 3.05) is 0 Å². The summed E-state index contributed by atoms with van der Waals surface area (Å²) in [7, 11) is 0. The van der Waals surface area contributed by atoms with Crippen LogP contribution in [0.25, 0.3) is 0 Å². The number of alkyl halides is 4. The van der Waals surface area contributed by atoms with Crippen LogP contribution < -0.4 is 5.32 Å². The molecule has 0 spiro atoms. The average molecular weight is 422 g/mol. The van der Waals surface area contributed by atoms with Crippen LogP contribution in [-0.4, -0.2) is 22.4 Å². The van der Waals surface area contributed by atoms with Crippen molar-refractivity contribution in [3.63, 3.8) is 0 Å². The van der Waals surface area contributed by atoms with Crippen LogP contribution in [0.2, 0.25) is 0 Å². The van der Waals surface area contributed by atoms with Gasteiger partial charge in [0.1, 0.15) is 0 Å². The van der Waals surface area contributed by atoms with Crippen LogP contribution in [0, 0.1) is 23.2 Å². The smallest absolute Gasteiger partial charge is 0.353 e. The van der Waals surface area contributed by atoms with Crippen LogP contribution in [0.15, 0.2) is 0 Å². The van der Waals surface area contributed by atoms with Crippen LogP contribution in [-0.2, 0) is 4.79 Å². The van der Waals surface area contributed by atoms with Gasteiger partial charge in [-0.1, -0.05) is 22.4 Å². The monoisotopic (exact) mass is 421 g/mol. The Bertz CT molecular complexity index is 535. The molecule has 6 heteroatoms. The van der Waals surface area contributed by atoms with E-state index in [9.17, 15) is 18.0 Å². The largest absolute Gasteiger partial charge is 0.391 e. The van der Waals surface area contributed by atoms with Crippen LogP contribution in [0.5, 0.6) is 0 Å². The molecule has 5 fully saturated rings. The number of rotatable bonds is 3. The van der Waals surface area contributed by atoms with Crippen molar-refractivity contribution >= 4 is 21.8 Å². The molecule has 25 heavy (non-hydrogen) atoms. The molecule has 0 aromatic rings. The van der Waals surface area contributed by atoms with E-state index in [1.165, 1.54) is 19.3 Å². The molecular formula is C19H27BrF3NO. The lowest BCUT2D eigenvalue weighted by Gasteiger charge is -2.60. The Labute approximate surface area is 155 Å². The molecule has 4 bridgehead atoms. The Morgan fingerprint density at radius 2 is 1.76 bits per heavy atom. The summed E-state index contributed by atoms with van der Waals surface area (Å²) in [5, 5.41) is 2.95. The van der Waals surface area contributed by atoms with Gasteiger partial charge in [-0.25, -0.2) is 0 Å². The van der Waals surface area contributed by atoms with Crippen LogP contribution in [0.4, 0.5) is 13.2 Å². The number of carbonyl (C=O) groups is 1.